The maximum atomic E-state index is 12.9. The van der Waals surface area contributed by atoms with E-state index in [1.807, 2.05) is 45.0 Å². The molecule has 0 atom stereocenters. The maximum Gasteiger partial charge on any atom is 0.411 e. The molecule has 3 aromatic rings. The van der Waals surface area contributed by atoms with Gasteiger partial charge in [-0.1, -0.05) is 37.2 Å². The van der Waals surface area contributed by atoms with Crippen molar-refractivity contribution in [2.75, 3.05) is 17.2 Å². The molecular formula is C23H25N3O4S. The van der Waals surface area contributed by atoms with Crippen LogP contribution in [0.15, 0.2) is 64.0 Å². The minimum Gasteiger partial charge on any atom is -0.449 e. The largest absolute Gasteiger partial charge is 0.449 e. The predicted molar refractivity (Wildman–Crippen MR) is 121 cm³/mol. The van der Waals surface area contributed by atoms with Gasteiger partial charge in [-0.3, -0.25) is 10.1 Å². The average Bonchev–Trinajstić information content (AvgIpc) is 3.16. The van der Waals surface area contributed by atoms with Crippen LogP contribution in [-0.2, 0) is 10.5 Å². The summed E-state index contributed by atoms with van der Waals surface area (Å²) in [6.07, 6.45) is -0.526. The number of rotatable bonds is 8. The zero-order chi connectivity index (χ0) is 22.2. The van der Waals surface area contributed by atoms with Crippen molar-refractivity contribution >= 4 is 35.1 Å². The number of thioether (sulfide) groups is 1. The summed E-state index contributed by atoms with van der Waals surface area (Å²) in [4.78, 5) is 25.6. The molecule has 2 aromatic carbocycles. The fourth-order valence-corrected chi connectivity index (χ4v) is 3.61. The monoisotopic (exact) mass is 439 g/mol. The highest BCUT2D eigenvalue weighted by Gasteiger charge is 2.13. The summed E-state index contributed by atoms with van der Waals surface area (Å²) in [7, 11) is 0. The number of hydrogen-bond acceptors (Lipinski definition) is 6. The average molecular weight is 440 g/mol. The van der Waals surface area contributed by atoms with Crippen molar-refractivity contribution in [3.63, 3.8) is 0 Å². The third-order valence-electron chi connectivity index (χ3n) is 4.09. The Balaban J connectivity index is 1.64. The number of carbonyl (C=O) groups excluding carboxylic acids is 2. The molecule has 7 nitrogen and oxygen atoms in total. The first kappa shape index (κ1) is 22.4. The van der Waals surface area contributed by atoms with Crippen LogP contribution in [0.3, 0.4) is 0 Å². The van der Waals surface area contributed by atoms with Gasteiger partial charge in [0.2, 0.25) is 0 Å². The molecule has 0 aliphatic heterocycles. The number of carbonyl (C=O) groups is 2. The van der Waals surface area contributed by atoms with E-state index < -0.39 is 6.09 Å². The number of aryl methyl sites for hydroxylation is 1. The number of hydrogen-bond donors (Lipinski definition) is 2. The Morgan fingerprint density at radius 3 is 2.52 bits per heavy atom. The molecule has 31 heavy (non-hydrogen) atoms. The summed E-state index contributed by atoms with van der Waals surface area (Å²) in [6.45, 7) is 6.13. The van der Waals surface area contributed by atoms with Gasteiger partial charge >= 0.3 is 6.09 Å². The van der Waals surface area contributed by atoms with E-state index in [-0.39, 0.29) is 11.8 Å². The Labute approximate surface area is 185 Å². The number of ether oxygens (including phenoxy) is 1. The first-order valence-corrected chi connectivity index (χ1v) is 10.9. The second kappa shape index (κ2) is 10.7. The minimum absolute atomic E-state index is 0.239. The fourth-order valence-electron chi connectivity index (χ4n) is 2.68. The van der Waals surface area contributed by atoms with Crippen molar-refractivity contribution in [1.82, 2.24) is 5.16 Å². The lowest BCUT2D eigenvalue weighted by molar-refractivity contribution is 0.102. The van der Waals surface area contributed by atoms with Crippen LogP contribution in [-0.4, -0.2) is 23.8 Å². The molecule has 0 saturated carbocycles. The summed E-state index contributed by atoms with van der Waals surface area (Å²) in [5.74, 6) is 1.34. The number of nitrogens with one attached hydrogen (secondary N) is 2. The predicted octanol–water partition coefficient (Wildman–Crippen LogP) is 5.73. The van der Waals surface area contributed by atoms with Gasteiger partial charge in [0.15, 0.2) is 0 Å². The summed E-state index contributed by atoms with van der Waals surface area (Å²) in [5.41, 5.74) is 2.48. The highest BCUT2D eigenvalue weighted by molar-refractivity contribution is 7.98. The van der Waals surface area contributed by atoms with Gasteiger partial charge in [-0.15, -0.1) is 11.8 Å². The Hall–Kier alpha value is -3.26. The molecular weight excluding hydrogens is 414 g/mol. The number of amides is 2. The van der Waals surface area contributed by atoms with Crippen LogP contribution in [0.4, 0.5) is 16.2 Å². The first-order valence-electron chi connectivity index (χ1n) is 9.90. The van der Waals surface area contributed by atoms with E-state index in [0.29, 0.717) is 29.3 Å². The molecule has 162 valence electrons. The molecule has 2 amide bonds. The standard InChI is InChI=1S/C23H25N3O4S/c1-15(2)13-29-23(28)25-18-8-6-7-17(12-18)24-22(27)20-9-4-5-10-21(20)31-14-19-11-16(3)26-30-19/h4-12,15H,13-14H2,1-3H3,(H,24,27)(H,25,28). The Bertz CT molecular complexity index is 1050. The van der Waals surface area contributed by atoms with Crippen LogP contribution in [0.1, 0.15) is 35.7 Å². The number of nitrogens with zero attached hydrogens (tertiary/aromatic N) is 1. The third kappa shape index (κ3) is 6.89. The number of anilines is 2. The summed E-state index contributed by atoms with van der Waals surface area (Å²) in [6, 6.07) is 16.2. The lowest BCUT2D eigenvalue weighted by Crippen LogP contribution is -2.17. The zero-order valence-electron chi connectivity index (χ0n) is 17.7. The number of benzene rings is 2. The molecule has 0 bridgehead atoms. The molecule has 0 aliphatic rings. The van der Waals surface area contributed by atoms with Crippen molar-refractivity contribution in [2.24, 2.45) is 5.92 Å². The van der Waals surface area contributed by atoms with Gasteiger partial charge in [0.1, 0.15) is 5.76 Å². The molecule has 0 aliphatic carbocycles. The lowest BCUT2D eigenvalue weighted by atomic mass is 10.2. The minimum atomic E-state index is -0.526. The van der Waals surface area contributed by atoms with E-state index in [1.54, 1.807) is 30.3 Å². The van der Waals surface area contributed by atoms with Gasteiger partial charge < -0.3 is 14.6 Å². The Morgan fingerprint density at radius 1 is 1.06 bits per heavy atom. The second-order valence-electron chi connectivity index (χ2n) is 7.37. The van der Waals surface area contributed by atoms with E-state index in [0.717, 1.165) is 16.3 Å². The van der Waals surface area contributed by atoms with Gasteiger partial charge in [0.05, 0.1) is 23.6 Å². The summed E-state index contributed by atoms with van der Waals surface area (Å²) in [5, 5.41) is 9.44. The molecule has 8 heteroatoms. The van der Waals surface area contributed by atoms with E-state index in [4.69, 9.17) is 9.26 Å². The molecule has 0 fully saturated rings. The smallest absolute Gasteiger partial charge is 0.411 e. The Kier molecular flexibility index (Phi) is 7.72. The fraction of sp³-hybridized carbons (Fsp3) is 0.261. The van der Waals surface area contributed by atoms with Crippen LogP contribution in [0.2, 0.25) is 0 Å². The van der Waals surface area contributed by atoms with Crippen molar-refractivity contribution < 1.29 is 18.8 Å². The van der Waals surface area contributed by atoms with Crippen molar-refractivity contribution in [1.29, 1.82) is 0 Å². The quantitative estimate of drug-likeness (QED) is 0.435. The van der Waals surface area contributed by atoms with Crippen LogP contribution < -0.4 is 10.6 Å². The summed E-state index contributed by atoms with van der Waals surface area (Å²) < 4.78 is 10.4. The van der Waals surface area contributed by atoms with Crippen LogP contribution in [0, 0.1) is 12.8 Å². The normalized spacial score (nSPS) is 10.7. The molecule has 1 aromatic heterocycles. The molecule has 2 N–H and O–H groups in total. The third-order valence-corrected chi connectivity index (χ3v) is 5.19. The molecule has 0 saturated heterocycles. The van der Waals surface area contributed by atoms with E-state index in [2.05, 4.69) is 15.8 Å². The van der Waals surface area contributed by atoms with Gasteiger partial charge in [-0.05, 0) is 43.2 Å². The molecule has 0 unspecified atom stereocenters. The van der Waals surface area contributed by atoms with Gasteiger partial charge in [0.25, 0.3) is 5.91 Å². The molecule has 1 heterocycles. The maximum absolute atomic E-state index is 12.9. The number of aromatic nitrogens is 1. The van der Waals surface area contributed by atoms with E-state index >= 15 is 0 Å². The lowest BCUT2D eigenvalue weighted by Gasteiger charge is -2.12. The van der Waals surface area contributed by atoms with Crippen molar-refractivity contribution in [3.05, 3.63) is 71.6 Å². The van der Waals surface area contributed by atoms with Gasteiger partial charge in [0, 0.05) is 22.3 Å². The topological polar surface area (TPSA) is 93.5 Å². The molecule has 0 spiro atoms. The van der Waals surface area contributed by atoms with E-state index in [9.17, 15) is 9.59 Å². The molecule has 3 rings (SSSR count). The van der Waals surface area contributed by atoms with Crippen LogP contribution >= 0.6 is 11.8 Å². The van der Waals surface area contributed by atoms with Gasteiger partial charge in [-0.25, -0.2) is 4.79 Å². The second-order valence-corrected chi connectivity index (χ2v) is 8.39. The van der Waals surface area contributed by atoms with E-state index in [1.165, 1.54) is 11.8 Å². The summed E-state index contributed by atoms with van der Waals surface area (Å²) >= 11 is 1.50. The van der Waals surface area contributed by atoms with Crippen molar-refractivity contribution in [3.8, 4) is 0 Å². The highest BCUT2D eigenvalue weighted by Crippen LogP contribution is 2.27. The van der Waals surface area contributed by atoms with Crippen molar-refractivity contribution in [2.45, 2.75) is 31.4 Å². The first-order chi connectivity index (χ1) is 14.9. The van der Waals surface area contributed by atoms with Crippen LogP contribution in [0.25, 0.3) is 0 Å². The Morgan fingerprint density at radius 2 is 1.81 bits per heavy atom. The zero-order valence-corrected chi connectivity index (χ0v) is 18.5. The highest BCUT2D eigenvalue weighted by atomic mass is 32.2. The van der Waals surface area contributed by atoms with Crippen LogP contribution in [0.5, 0.6) is 0 Å². The van der Waals surface area contributed by atoms with Gasteiger partial charge in [-0.2, -0.15) is 0 Å². The SMILES string of the molecule is Cc1cc(CSc2ccccc2C(=O)Nc2cccc(NC(=O)OCC(C)C)c2)on1. The molecule has 0 radical (unpaired) electrons.